The zero-order chi connectivity index (χ0) is 7.28. The van der Waals surface area contributed by atoms with Crippen LogP contribution in [0.1, 0.15) is 6.92 Å². The van der Waals surface area contributed by atoms with E-state index in [4.69, 9.17) is 0 Å². The highest BCUT2D eigenvalue weighted by Gasteiger charge is 1.92. The molecule has 0 saturated carbocycles. The van der Waals surface area contributed by atoms with Gasteiger partial charge in [-0.25, -0.2) is 0 Å². The summed E-state index contributed by atoms with van der Waals surface area (Å²) in [6.45, 7) is 5.40. The lowest BCUT2D eigenvalue weighted by atomic mass is 10.5. The summed E-state index contributed by atoms with van der Waals surface area (Å²) < 4.78 is 0. The van der Waals surface area contributed by atoms with Crippen molar-refractivity contribution in [2.75, 3.05) is 13.3 Å². The largest absolute Gasteiger partial charge is 0.389 e. The van der Waals surface area contributed by atoms with E-state index in [0.717, 1.165) is 10.7 Å². The average molecular weight is 144 g/mol. The molecule has 3 heteroatoms. The lowest BCUT2D eigenvalue weighted by Crippen LogP contribution is -2.03. The van der Waals surface area contributed by atoms with Gasteiger partial charge in [-0.15, -0.1) is 11.8 Å². The van der Waals surface area contributed by atoms with Crippen molar-refractivity contribution in [3.8, 4) is 0 Å². The summed E-state index contributed by atoms with van der Waals surface area (Å²) >= 11 is 1.59. The Morgan fingerprint density at radius 1 is 1.67 bits per heavy atom. The molecule has 0 aliphatic rings. The molecule has 0 bridgehead atoms. The fourth-order valence-corrected chi connectivity index (χ4v) is 0.981. The van der Waals surface area contributed by atoms with Gasteiger partial charge in [0.05, 0.1) is 0 Å². The summed E-state index contributed by atoms with van der Waals surface area (Å²) in [6.07, 6.45) is 1.98. The van der Waals surface area contributed by atoms with Gasteiger partial charge < -0.3 is 5.32 Å². The van der Waals surface area contributed by atoms with Crippen molar-refractivity contribution >= 4 is 18.5 Å². The topological polar surface area (TPSA) is 24.4 Å². The van der Waals surface area contributed by atoms with Crippen molar-refractivity contribution in [3.05, 3.63) is 10.7 Å². The van der Waals surface area contributed by atoms with Crippen molar-refractivity contribution in [2.24, 2.45) is 4.99 Å². The van der Waals surface area contributed by atoms with Gasteiger partial charge in [0.25, 0.3) is 0 Å². The Labute approximate surface area is 60.4 Å². The molecule has 0 spiro atoms. The maximum Gasteiger partial charge on any atom is 0.114 e. The lowest BCUT2D eigenvalue weighted by Gasteiger charge is -2.01. The van der Waals surface area contributed by atoms with E-state index in [-0.39, 0.29) is 0 Å². The van der Waals surface area contributed by atoms with E-state index in [9.17, 15) is 0 Å². The number of hydrogen-bond acceptors (Lipinski definition) is 3. The number of hydrogen-bond donors (Lipinski definition) is 1. The lowest BCUT2D eigenvalue weighted by molar-refractivity contribution is 0.976. The summed E-state index contributed by atoms with van der Waals surface area (Å²) in [6, 6.07) is 0. The molecule has 0 heterocycles. The van der Waals surface area contributed by atoms with Gasteiger partial charge in [0, 0.05) is 12.7 Å². The first kappa shape index (κ1) is 8.56. The first-order valence-electron chi connectivity index (χ1n) is 2.65. The number of nitrogens with zero attached hydrogens (tertiary/aromatic N) is 1. The van der Waals surface area contributed by atoms with Crippen molar-refractivity contribution in [3.63, 3.8) is 0 Å². The minimum Gasteiger partial charge on any atom is -0.389 e. The minimum absolute atomic E-state index is 0.956. The van der Waals surface area contributed by atoms with Crippen LogP contribution >= 0.6 is 11.8 Å². The van der Waals surface area contributed by atoms with Gasteiger partial charge >= 0.3 is 0 Å². The Balaban J connectivity index is 4.18. The highest BCUT2D eigenvalue weighted by Crippen LogP contribution is 2.14. The summed E-state index contributed by atoms with van der Waals surface area (Å²) in [7, 11) is 1.87. The minimum atomic E-state index is 0.956. The van der Waals surface area contributed by atoms with Crippen LogP contribution in [0.2, 0.25) is 0 Å². The zero-order valence-corrected chi connectivity index (χ0v) is 6.88. The van der Waals surface area contributed by atoms with E-state index >= 15 is 0 Å². The number of rotatable bonds is 3. The summed E-state index contributed by atoms with van der Waals surface area (Å²) in [5, 5.41) is 3.95. The van der Waals surface area contributed by atoms with Gasteiger partial charge in [0.2, 0.25) is 0 Å². The van der Waals surface area contributed by atoms with Crippen LogP contribution < -0.4 is 5.32 Å². The van der Waals surface area contributed by atoms with Gasteiger partial charge in [-0.2, -0.15) is 0 Å². The van der Waals surface area contributed by atoms with Crippen LogP contribution in [0.4, 0.5) is 0 Å². The Morgan fingerprint density at radius 2 is 2.22 bits per heavy atom. The van der Waals surface area contributed by atoms with Gasteiger partial charge in [-0.3, -0.25) is 4.99 Å². The molecule has 1 N–H and O–H groups in total. The second-order valence-corrected chi connectivity index (χ2v) is 2.34. The molecular formula is C6H12N2S. The van der Waals surface area contributed by atoms with Crippen LogP contribution in [-0.2, 0) is 0 Å². The summed E-state index contributed by atoms with van der Waals surface area (Å²) in [4.78, 5) is 3.81. The standard InChI is InChI=1S/C6H12N2S/c1-5(7-2)6(8-3)9-4/h7H,3H2,1-2,4H3/b6-5+. The third-order valence-electron chi connectivity index (χ3n) is 1.03. The SMILES string of the molecule is C=N/C(SC)=C(/C)NC. The van der Waals surface area contributed by atoms with E-state index < -0.39 is 0 Å². The second-order valence-electron chi connectivity index (χ2n) is 1.54. The van der Waals surface area contributed by atoms with E-state index in [2.05, 4.69) is 17.0 Å². The first-order valence-corrected chi connectivity index (χ1v) is 3.88. The molecule has 0 aromatic rings. The fourth-order valence-electron chi connectivity index (χ4n) is 0.443. The Kier molecular flexibility index (Phi) is 4.22. The van der Waals surface area contributed by atoms with Crippen LogP contribution in [0.15, 0.2) is 15.7 Å². The van der Waals surface area contributed by atoms with Crippen LogP contribution in [0.3, 0.4) is 0 Å². The third kappa shape index (κ3) is 2.56. The number of allylic oxidation sites excluding steroid dienone is 1. The molecule has 0 aliphatic carbocycles. The molecule has 0 aromatic heterocycles. The Hall–Kier alpha value is -0.440. The highest BCUT2D eigenvalue weighted by molar-refractivity contribution is 8.02. The normalized spacial score (nSPS) is 12.3. The predicted octanol–water partition coefficient (Wildman–Crippen LogP) is 1.46. The van der Waals surface area contributed by atoms with Gasteiger partial charge in [-0.1, -0.05) is 0 Å². The summed E-state index contributed by atoms with van der Waals surface area (Å²) in [5.41, 5.74) is 1.07. The van der Waals surface area contributed by atoms with Crippen LogP contribution in [0.25, 0.3) is 0 Å². The van der Waals surface area contributed by atoms with Gasteiger partial charge in [0.15, 0.2) is 0 Å². The maximum atomic E-state index is 3.81. The third-order valence-corrected chi connectivity index (χ3v) is 1.85. The first-order chi connectivity index (χ1) is 4.26. The molecule has 0 radical (unpaired) electrons. The van der Waals surface area contributed by atoms with E-state index in [1.54, 1.807) is 11.8 Å². The zero-order valence-electron chi connectivity index (χ0n) is 6.06. The average Bonchev–Trinajstić information content (AvgIpc) is 1.90. The number of aliphatic imine (C=N–C) groups is 1. The quantitative estimate of drug-likeness (QED) is 0.606. The molecule has 0 saturated heterocycles. The second kappa shape index (κ2) is 4.44. The maximum absolute atomic E-state index is 3.81. The molecule has 2 nitrogen and oxygen atoms in total. The Morgan fingerprint density at radius 3 is 2.33 bits per heavy atom. The molecule has 0 aliphatic heterocycles. The van der Waals surface area contributed by atoms with Crippen LogP contribution in [-0.4, -0.2) is 20.0 Å². The predicted molar refractivity (Wildman–Crippen MR) is 44.8 cm³/mol. The molecule has 9 heavy (non-hydrogen) atoms. The van der Waals surface area contributed by atoms with Crippen molar-refractivity contribution in [1.82, 2.24) is 5.32 Å². The van der Waals surface area contributed by atoms with Crippen molar-refractivity contribution in [2.45, 2.75) is 6.92 Å². The van der Waals surface area contributed by atoms with Crippen molar-refractivity contribution in [1.29, 1.82) is 0 Å². The van der Waals surface area contributed by atoms with E-state index in [1.807, 2.05) is 20.2 Å². The molecule has 0 fully saturated rings. The molecular weight excluding hydrogens is 132 g/mol. The van der Waals surface area contributed by atoms with Crippen LogP contribution in [0.5, 0.6) is 0 Å². The number of nitrogens with one attached hydrogen (secondary N) is 1. The summed E-state index contributed by atoms with van der Waals surface area (Å²) in [5.74, 6) is 0. The Bertz CT molecular complexity index is 129. The van der Waals surface area contributed by atoms with E-state index in [0.29, 0.717) is 0 Å². The monoisotopic (exact) mass is 144 g/mol. The van der Waals surface area contributed by atoms with Crippen LogP contribution in [0, 0.1) is 0 Å². The number of thioether (sulfide) groups is 1. The smallest absolute Gasteiger partial charge is 0.114 e. The van der Waals surface area contributed by atoms with Gasteiger partial charge in [0.1, 0.15) is 5.03 Å². The molecule has 0 unspecified atom stereocenters. The molecule has 0 amide bonds. The molecule has 0 atom stereocenters. The van der Waals surface area contributed by atoms with E-state index in [1.165, 1.54) is 0 Å². The van der Waals surface area contributed by atoms with Crippen molar-refractivity contribution < 1.29 is 0 Å². The van der Waals surface area contributed by atoms with Gasteiger partial charge in [-0.05, 0) is 19.9 Å². The molecule has 0 aromatic carbocycles. The molecule has 0 rings (SSSR count). The molecule has 52 valence electrons. The fraction of sp³-hybridized carbons (Fsp3) is 0.500. The highest BCUT2D eigenvalue weighted by atomic mass is 32.2.